The van der Waals surface area contributed by atoms with Crippen LogP contribution in [-0.4, -0.2) is 54.5 Å². The number of hydrogen-bond acceptors (Lipinski definition) is 4. The van der Waals surface area contributed by atoms with E-state index in [2.05, 4.69) is 24.3 Å². The SMILES string of the molecule is CO[C@H]1CCN(C(=O)OCC2c3ccccc3-c3ccccc32)[C@H](C(=O)O)C1. The van der Waals surface area contributed by atoms with Gasteiger partial charge in [0.25, 0.3) is 0 Å². The molecule has 6 nitrogen and oxygen atoms in total. The highest BCUT2D eigenvalue weighted by molar-refractivity contribution is 5.81. The van der Waals surface area contributed by atoms with Crippen molar-refractivity contribution in [2.24, 2.45) is 0 Å². The van der Waals surface area contributed by atoms with Crippen molar-refractivity contribution in [2.45, 2.75) is 30.9 Å². The summed E-state index contributed by atoms with van der Waals surface area (Å²) in [5.41, 5.74) is 4.57. The second-order valence-corrected chi connectivity index (χ2v) is 7.23. The van der Waals surface area contributed by atoms with Crippen LogP contribution in [0, 0.1) is 0 Å². The van der Waals surface area contributed by atoms with Crippen LogP contribution in [0.2, 0.25) is 0 Å². The Balaban J connectivity index is 1.50. The maximum absolute atomic E-state index is 12.7. The Morgan fingerprint density at radius 1 is 1.07 bits per heavy atom. The molecule has 146 valence electrons. The number of carbonyl (C=O) groups is 2. The van der Waals surface area contributed by atoms with Crippen LogP contribution in [-0.2, 0) is 14.3 Å². The van der Waals surface area contributed by atoms with E-state index in [-0.39, 0.29) is 25.0 Å². The number of ether oxygens (including phenoxy) is 2. The van der Waals surface area contributed by atoms with Crippen molar-refractivity contribution in [1.29, 1.82) is 0 Å². The summed E-state index contributed by atoms with van der Waals surface area (Å²) in [6.45, 7) is 0.496. The van der Waals surface area contributed by atoms with Gasteiger partial charge in [-0.25, -0.2) is 9.59 Å². The van der Waals surface area contributed by atoms with Crippen molar-refractivity contribution in [3.63, 3.8) is 0 Å². The number of nitrogens with zero attached hydrogens (tertiary/aromatic N) is 1. The number of carboxylic acids is 1. The van der Waals surface area contributed by atoms with Gasteiger partial charge in [-0.2, -0.15) is 0 Å². The lowest BCUT2D eigenvalue weighted by Crippen LogP contribution is -2.52. The molecule has 0 unspecified atom stereocenters. The first-order chi connectivity index (χ1) is 13.6. The number of fused-ring (bicyclic) bond motifs is 3. The van der Waals surface area contributed by atoms with Crippen LogP contribution in [0.4, 0.5) is 4.79 Å². The molecule has 1 fully saturated rings. The molecule has 1 aliphatic carbocycles. The van der Waals surface area contributed by atoms with Gasteiger partial charge in [0.1, 0.15) is 12.6 Å². The number of likely N-dealkylation sites (tertiary alicyclic amines) is 1. The zero-order valence-corrected chi connectivity index (χ0v) is 15.7. The fourth-order valence-electron chi connectivity index (χ4n) is 4.28. The molecule has 1 amide bonds. The van der Waals surface area contributed by atoms with Crippen LogP contribution in [0.5, 0.6) is 0 Å². The number of hydrogen-bond donors (Lipinski definition) is 1. The van der Waals surface area contributed by atoms with E-state index >= 15 is 0 Å². The van der Waals surface area contributed by atoms with Crippen LogP contribution in [0.15, 0.2) is 48.5 Å². The first-order valence-corrected chi connectivity index (χ1v) is 9.47. The van der Waals surface area contributed by atoms with Crippen LogP contribution in [0.1, 0.15) is 29.9 Å². The number of carboxylic acid groups (broad SMARTS) is 1. The second-order valence-electron chi connectivity index (χ2n) is 7.23. The van der Waals surface area contributed by atoms with Crippen molar-refractivity contribution < 1.29 is 24.2 Å². The number of methoxy groups -OCH3 is 1. The molecule has 4 rings (SSSR count). The molecule has 0 radical (unpaired) electrons. The van der Waals surface area contributed by atoms with Crippen LogP contribution < -0.4 is 0 Å². The van der Waals surface area contributed by atoms with E-state index in [1.54, 1.807) is 7.11 Å². The van der Waals surface area contributed by atoms with Gasteiger partial charge in [-0.15, -0.1) is 0 Å². The van der Waals surface area contributed by atoms with E-state index in [0.717, 1.165) is 22.3 Å². The minimum absolute atomic E-state index is 0.0452. The van der Waals surface area contributed by atoms with E-state index in [9.17, 15) is 14.7 Å². The number of benzene rings is 2. The van der Waals surface area contributed by atoms with E-state index < -0.39 is 18.1 Å². The van der Waals surface area contributed by atoms with E-state index in [4.69, 9.17) is 9.47 Å². The molecule has 2 aromatic carbocycles. The highest BCUT2D eigenvalue weighted by atomic mass is 16.6. The average molecular weight is 381 g/mol. The summed E-state index contributed by atoms with van der Waals surface area (Å²) in [5.74, 6) is -1.08. The molecule has 0 spiro atoms. The zero-order chi connectivity index (χ0) is 19.7. The number of piperidine rings is 1. The Hall–Kier alpha value is -2.86. The topological polar surface area (TPSA) is 76.1 Å². The summed E-state index contributed by atoms with van der Waals surface area (Å²) >= 11 is 0. The lowest BCUT2D eigenvalue weighted by atomic mass is 9.98. The summed E-state index contributed by atoms with van der Waals surface area (Å²) in [6.07, 6.45) is 0.142. The number of rotatable bonds is 4. The molecule has 6 heteroatoms. The highest BCUT2D eigenvalue weighted by Crippen LogP contribution is 2.44. The minimum Gasteiger partial charge on any atom is -0.480 e. The number of amides is 1. The Kier molecular flexibility index (Phi) is 5.05. The lowest BCUT2D eigenvalue weighted by Gasteiger charge is -2.35. The van der Waals surface area contributed by atoms with Gasteiger partial charge in [-0.1, -0.05) is 48.5 Å². The Morgan fingerprint density at radius 2 is 1.68 bits per heavy atom. The summed E-state index contributed by atoms with van der Waals surface area (Å²) in [5, 5.41) is 9.51. The first-order valence-electron chi connectivity index (χ1n) is 9.47. The quantitative estimate of drug-likeness (QED) is 0.877. The standard InChI is InChI=1S/C22H23NO5/c1-27-14-10-11-23(20(12-14)21(24)25)22(26)28-13-19-17-8-4-2-6-15(17)16-7-3-5-9-18(16)19/h2-9,14,19-20H,10-13H2,1H3,(H,24,25)/t14-,20-/m0/s1. The normalized spacial score (nSPS) is 21.1. The predicted molar refractivity (Wildman–Crippen MR) is 103 cm³/mol. The van der Waals surface area contributed by atoms with E-state index in [0.29, 0.717) is 13.0 Å². The van der Waals surface area contributed by atoms with Crippen LogP contribution in [0.25, 0.3) is 11.1 Å². The van der Waals surface area contributed by atoms with Crippen LogP contribution in [0.3, 0.4) is 0 Å². The Labute approximate surface area is 163 Å². The molecule has 2 aliphatic rings. The van der Waals surface area contributed by atoms with Crippen molar-refractivity contribution in [2.75, 3.05) is 20.3 Å². The molecule has 2 atom stereocenters. The largest absolute Gasteiger partial charge is 0.480 e. The van der Waals surface area contributed by atoms with Crippen molar-refractivity contribution in [3.05, 3.63) is 59.7 Å². The summed E-state index contributed by atoms with van der Waals surface area (Å²) in [6, 6.07) is 15.3. The molecule has 2 aromatic rings. The highest BCUT2D eigenvalue weighted by Gasteiger charge is 2.38. The van der Waals surface area contributed by atoms with E-state index in [1.807, 2.05) is 24.3 Å². The van der Waals surface area contributed by atoms with E-state index in [1.165, 1.54) is 4.90 Å². The molecule has 1 heterocycles. The fourth-order valence-corrected chi connectivity index (χ4v) is 4.28. The third-order valence-electron chi connectivity index (χ3n) is 5.74. The molecule has 1 aliphatic heterocycles. The van der Waals surface area contributed by atoms with Crippen LogP contribution >= 0.6 is 0 Å². The molecule has 0 bridgehead atoms. The summed E-state index contributed by atoms with van der Waals surface area (Å²) in [7, 11) is 1.56. The average Bonchev–Trinajstić information content (AvgIpc) is 3.05. The monoisotopic (exact) mass is 381 g/mol. The number of carbonyl (C=O) groups excluding carboxylic acids is 1. The molecular weight excluding hydrogens is 358 g/mol. The zero-order valence-electron chi connectivity index (χ0n) is 15.7. The predicted octanol–water partition coefficient (Wildman–Crippen LogP) is 3.50. The molecule has 1 saturated heterocycles. The second kappa shape index (κ2) is 7.64. The summed E-state index contributed by atoms with van der Waals surface area (Å²) in [4.78, 5) is 25.6. The maximum atomic E-state index is 12.7. The van der Waals surface area contributed by atoms with Gasteiger partial charge in [0, 0.05) is 26.0 Å². The molecule has 0 aromatic heterocycles. The first kappa shape index (κ1) is 18.5. The third kappa shape index (κ3) is 3.24. The number of aliphatic carboxylic acids is 1. The van der Waals surface area contributed by atoms with Crippen molar-refractivity contribution in [1.82, 2.24) is 4.90 Å². The lowest BCUT2D eigenvalue weighted by molar-refractivity contribution is -0.146. The molecule has 1 N–H and O–H groups in total. The van der Waals surface area contributed by atoms with Gasteiger partial charge in [-0.3, -0.25) is 4.90 Å². The molecular formula is C22H23NO5. The van der Waals surface area contributed by atoms with Gasteiger partial charge in [0.05, 0.1) is 6.10 Å². The minimum atomic E-state index is -1.03. The summed E-state index contributed by atoms with van der Waals surface area (Å²) < 4.78 is 10.9. The maximum Gasteiger partial charge on any atom is 0.410 e. The Morgan fingerprint density at radius 3 is 2.25 bits per heavy atom. The molecule has 0 saturated carbocycles. The van der Waals surface area contributed by atoms with Crippen molar-refractivity contribution >= 4 is 12.1 Å². The van der Waals surface area contributed by atoms with Gasteiger partial charge in [0.15, 0.2) is 0 Å². The van der Waals surface area contributed by atoms with Gasteiger partial charge in [-0.05, 0) is 28.7 Å². The van der Waals surface area contributed by atoms with Crippen molar-refractivity contribution in [3.8, 4) is 11.1 Å². The van der Waals surface area contributed by atoms with Gasteiger partial charge in [0.2, 0.25) is 0 Å². The third-order valence-corrected chi connectivity index (χ3v) is 5.74. The van der Waals surface area contributed by atoms with Gasteiger partial charge >= 0.3 is 12.1 Å². The van der Waals surface area contributed by atoms with Gasteiger partial charge < -0.3 is 14.6 Å². The smallest absolute Gasteiger partial charge is 0.410 e. The fraction of sp³-hybridized carbons (Fsp3) is 0.364. The Bertz CT molecular complexity index is 851. The molecule has 28 heavy (non-hydrogen) atoms.